The molecule has 0 saturated heterocycles. The van der Waals surface area contributed by atoms with Crippen molar-refractivity contribution >= 4 is 27.4 Å². The van der Waals surface area contributed by atoms with Gasteiger partial charge in [-0.1, -0.05) is 191 Å². The molecule has 5 aromatic carbocycles. The Morgan fingerprint density at radius 1 is 0.367 bits per heavy atom. The lowest BCUT2D eigenvalue weighted by molar-refractivity contribution is 0.453. The van der Waals surface area contributed by atoms with E-state index in [1.165, 1.54) is 22.3 Å². The third-order valence-electron chi connectivity index (χ3n) is 11.3. The Kier molecular flexibility index (Phi) is 12.1. The second-order valence-electron chi connectivity index (χ2n) is 22.7. The van der Waals surface area contributed by atoms with Crippen molar-refractivity contribution < 1.29 is 18.5 Å². The molecule has 6 rings (SSSR count). The van der Waals surface area contributed by atoms with Crippen molar-refractivity contribution in [2.24, 2.45) is 0 Å². The molecular formula is C54H70O4P2. The highest BCUT2D eigenvalue weighted by molar-refractivity contribution is 7.63. The van der Waals surface area contributed by atoms with Crippen LogP contribution in [0.25, 0.3) is 22.3 Å². The number of benzene rings is 5. The Bertz CT molecular complexity index is 2310. The van der Waals surface area contributed by atoms with Crippen molar-refractivity contribution in [3.8, 4) is 39.5 Å². The molecule has 4 nitrogen and oxygen atoms in total. The predicted octanol–water partition coefficient (Wildman–Crippen LogP) is 15.2. The van der Waals surface area contributed by atoms with Crippen LogP contribution in [0.4, 0.5) is 0 Å². The summed E-state index contributed by atoms with van der Waals surface area (Å²) in [5.41, 5.74) is 10.5. The van der Waals surface area contributed by atoms with Crippen LogP contribution in [0.1, 0.15) is 158 Å². The molecule has 1 unspecified atom stereocenters. The number of hydrogen-bond acceptors (Lipinski definition) is 4. The van der Waals surface area contributed by atoms with Crippen molar-refractivity contribution in [2.75, 3.05) is 0 Å². The minimum atomic E-state index is -2.20. The van der Waals surface area contributed by atoms with Crippen LogP contribution in [0.3, 0.4) is 0 Å². The van der Waals surface area contributed by atoms with Crippen molar-refractivity contribution in [2.45, 2.75) is 157 Å². The van der Waals surface area contributed by atoms with E-state index in [1.54, 1.807) is 0 Å². The quantitative estimate of drug-likeness (QED) is 0.155. The Morgan fingerprint density at radius 2 is 0.733 bits per heavy atom. The topological polar surface area (TPSA) is 47.9 Å². The molecule has 0 fully saturated rings. The van der Waals surface area contributed by atoms with Gasteiger partial charge in [0, 0.05) is 22.3 Å². The normalized spacial score (nSPS) is 14.0. The standard InChI is InChI=1S/C54H70O4P2/c1-49(2,3)37-26-21-29-40(45(37)52(10,11)12)56-59(55)43-33-32-36-34-24-19-20-25-35(34)44(36)48(43)60(57-41-30-22-27-38(50(4,5)6)46(41)53(13,14)15)58-42-31-23-28-39(51(7,8)9)47(42)54(16,17)18/h19-33,55H,1-18H3. The van der Waals surface area contributed by atoms with Gasteiger partial charge in [-0.05, 0) is 90.1 Å². The molecule has 0 bridgehead atoms. The van der Waals surface area contributed by atoms with Gasteiger partial charge >= 0.3 is 8.38 Å². The van der Waals surface area contributed by atoms with Gasteiger partial charge in [0.25, 0.3) is 8.38 Å². The lowest BCUT2D eigenvalue weighted by Crippen LogP contribution is -2.32. The summed E-state index contributed by atoms with van der Waals surface area (Å²) in [4.78, 5) is 12.7. The summed E-state index contributed by atoms with van der Waals surface area (Å²) in [5, 5.41) is 1.54. The van der Waals surface area contributed by atoms with Crippen LogP contribution >= 0.6 is 16.8 Å². The molecule has 6 heteroatoms. The molecular weight excluding hydrogens is 775 g/mol. The van der Waals surface area contributed by atoms with Crippen LogP contribution in [0, 0.1) is 0 Å². The first-order chi connectivity index (χ1) is 27.5. The van der Waals surface area contributed by atoms with E-state index in [-0.39, 0.29) is 32.5 Å². The van der Waals surface area contributed by atoms with Crippen LogP contribution in [0.2, 0.25) is 0 Å². The lowest BCUT2D eigenvalue weighted by atomic mass is 9.75. The van der Waals surface area contributed by atoms with Crippen LogP contribution in [-0.2, 0) is 32.5 Å². The van der Waals surface area contributed by atoms with E-state index in [1.807, 2.05) is 6.07 Å². The molecule has 0 radical (unpaired) electrons. The van der Waals surface area contributed by atoms with Crippen LogP contribution < -0.4 is 24.2 Å². The number of hydrogen-bond donors (Lipinski definition) is 1. The largest absolute Gasteiger partial charge is 0.444 e. The van der Waals surface area contributed by atoms with E-state index in [0.29, 0.717) is 11.1 Å². The molecule has 0 spiro atoms. The molecule has 0 aliphatic heterocycles. The molecule has 0 saturated carbocycles. The second-order valence-corrected chi connectivity index (χ2v) is 25.3. The van der Waals surface area contributed by atoms with Gasteiger partial charge in [-0.15, -0.1) is 0 Å². The van der Waals surface area contributed by atoms with Gasteiger partial charge in [-0.2, -0.15) is 0 Å². The van der Waals surface area contributed by atoms with Gasteiger partial charge in [0.1, 0.15) is 17.2 Å². The zero-order valence-electron chi connectivity index (χ0n) is 39.7. The Morgan fingerprint density at radius 3 is 1.10 bits per heavy atom. The zero-order chi connectivity index (χ0) is 44.5. The average Bonchev–Trinajstić information content (AvgIpc) is 3.10. The van der Waals surface area contributed by atoms with Crippen molar-refractivity contribution in [1.82, 2.24) is 0 Å². The van der Waals surface area contributed by atoms with Crippen molar-refractivity contribution in [3.05, 3.63) is 124 Å². The van der Waals surface area contributed by atoms with Gasteiger partial charge in [-0.25, -0.2) is 0 Å². The first-order valence-corrected chi connectivity index (χ1v) is 23.9. The Hall–Kier alpha value is -3.68. The van der Waals surface area contributed by atoms with E-state index in [4.69, 9.17) is 13.6 Å². The first-order valence-electron chi connectivity index (χ1n) is 21.5. The van der Waals surface area contributed by atoms with Crippen molar-refractivity contribution in [3.63, 3.8) is 0 Å². The fourth-order valence-corrected chi connectivity index (χ4v) is 11.7. The van der Waals surface area contributed by atoms with E-state index in [0.717, 1.165) is 50.2 Å². The molecule has 0 amide bonds. The highest BCUT2D eigenvalue weighted by atomic mass is 31.2. The lowest BCUT2D eigenvalue weighted by Gasteiger charge is -2.36. The predicted molar refractivity (Wildman–Crippen MR) is 260 cm³/mol. The number of fused-ring (bicyclic) bond motifs is 4. The zero-order valence-corrected chi connectivity index (χ0v) is 41.5. The summed E-state index contributed by atoms with van der Waals surface area (Å²) in [6.45, 7) is 40.5. The average molecular weight is 845 g/mol. The van der Waals surface area contributed by atoms with E-state index in [9.17, 15) is 4.89 Å². The van der Waals surface area contributed by atoms with Gasteiger partial charge < -0.3 is 18.5 Å². The van der Waals surface area contributed by atoms with E-state index >= 15 is 0 Å². The Balaban J connectivity index is 1.66. The van der Waals surface area contributed by atoms with Crippen LogP contribution in [0.15, 0.2) is 91.0 Å². The van der Waals surface area contributed by atoms with Crippen LogP contribution in [0.5, 0.6) is 17.2 Å². The summed E-state index contributed by atoms with van der Waals surface area (Å²) in [7, 11) is -4.15. The number of rotatable bonds is 8. The molecule has 60 heavy (non-hydrogen) atoms. The maximum Gasteiger partial charge on any atom is 0.327 e. The molecule has 1 N–H and O–H groups in total. The molecule has 1 atom stereocenters. The van der Waals surface area contributed by atoms with Gasteiger partial charge in [0.15, 0.2) is 0 Å². The van der Waals surface area contributed by atoms with Crippen LogP contribution in [-0.4, -0.2) is 4.89 Å². The molecule has 1 aliphatic rings. The molecule has 1 aliphatic carbocycles. The second kappa shape index (κ2) is 15.9. The third kappa shape index (κ3) is 9.09. The fraction of sp³-hybridized carbons (Fsp3) is 0.444. The minimum Gasteiger partial charge on any atom is -0.444 e. The maximum atomic E-state index is 12.7. The summed E-state index contributed by atoms with van der Waals surface area (Å²) in [6.07, 6.45) is 0. The summed E-state index contributed by atoms with van der Waals surface area (Å²) in [5.74, 6) is 2.28. The summed E-state index contributed by atoms with van der Waals surface area (Å²) < 4.78 is 22.0. The SMILES string of the molecule is CC(C)(C)c1cccc(OP(O)c2ccc3c(c2P(Oc2cccc(C(C)(C)C)c2C(C)(C)C)Oc2cccc(C(C)(C)C)c2C(C)(C)C)-c2ccccc2-3)c1C(C)(C)C. The molecule has 320 valence electrons. The Labute approximate surface area is 365 Å². The minimum absolute atomic E-state index is 0.126. The monoisotopic (exact) mass is 844 g/mol. The van der Waals surface area contributed by atoms with E-state index in [2.05, 4.69) is 210 Å². The molecule has 5 aromatic rings. The summed E-state index contributed by atoms with van der Waals surface area (Å²) in [6, 6.07) is 31.8. The van der Waals surface area contributed by atoms with Gasteiger partial charge in [0.2, 0.25) is 0 Å². The molecule has 0 aromatic heterocycles. The summed E-state index contributed by atoms with van der Waals surface area (Å²) >= 11 is 0. The van der Waals surface area contributed by atoms with Crippen molar-refractivity contribution in [1.29, 1.82) is 0 Å². The smallest absolute Gasteiger partial charge is 0.327 e. The third-order valence-corrected chi connectivity index (χ3v) is 14.2. The first kappa shape index (κ1) is 45.8. The van der Waals surface area contributed by atoms with Gasteiger partial charge in [0.05, 0.1) is 10.6 Å². The highest BCUT2D eigenvalue weighted by Gasteiger charge is 2.40. The fourth-order valence-electron chi connectivity index (χ4n) is 8.74. The highest BCUT2D eigenvalue weighted by Crippen LogP contribution is 2.56. The molecule has 0 heterocycles. The van der Waals surface area contributed by atoms with Gasteiger partial charge in [-0.3, -0.25) is 0 Å². The van der Waals surface area contributed by atoms with E-state index < -0.39 is 16.8 Å². The maximum absolute atomic E-state index is 12.7.